The monoisotopic (exact) mass is 234 g/mol. The summed E-state index contributed by atoms with van der Waals surface area (Å²) in [6, 6.07) is 1.85. The predicted molar refractivity (Wildman–Crippen MR) is 68.0 cm³/mol. The average molecular weight is 234 g/mol. The van der Waals surface area contributed by atoms with Crippen LogP contribution in [0.3, 0.4) is 0 Å². The van der Waals surface area contributed by atoms with Gasteiger partial charge in [0.25, 0.3) is 0 Å². The van der Waals surface area contributed by atoms with E-state index in [0.29, 0.717) is 23.6 Å². The SMILES string of the molecule is CC(=O)SCCC#Cc1ncc(C)cc1N. The lowest BCUT2D eigenvalue weighted by molar-refractivity contribution is -0.109. The van der Waals surface area contributed by atoms with E-state index in [1.54, 1.807) is 13.1 Å². The van der Waals surface area contributed by atoms with E-state index in [4.69, 9.17) is 5.73 Å². The first-order valence-electron chi connectivity index (χ1n) is 4.94. The number of hydrogen-bond acceptors (Lipinski definition) is 4. The van der Waals surface area contributed by atoms with Crippen molar-refractivity contribution in [2.24, 2.45) is 0 Å². The predicted octanol–water partition coefficient (Wildman–Crippen LogP) is 1.99. The lowest BCUT2D eigenvalue weighted by Crippen LogP contribution is -1.94. The Kier molecular flexibility index (Phi) is 4.87. The Morgan fingerprint density at radius 3 is 3.00 bits per heavy atom. The van der Waals surface area contributed by atoms with Crippen LogP contribution in [0.2, 0.25) is 0 Å². The summed E-state index contributed by atoms with van der Waals surface area (Å²) in [5.41, 5.74) is 8.00. The van der Waals surface area contributed by atoms with Gasteiger partial charge in [0.15, 0.2) is 5.12 Å². The van der Waals surface area contributed by atoms with Crippen LogP contribution < -0.4 is 5.73 Å². The minimum atomic E-state index is 0.120. The highest BCUT2D eigenvalue weighted by Gasteiger charge is 1.96. The number of rotatable bonds is 2. The van der Waals surface area contributed by atoms with Crippen LogP contribution in [0.1, 0.15) is 24.6 Å². The molecule has 16 heavy (non-hydrogen) atoms. The minimum absolute atomic E-state index is 0.120. The van der Waals surface area contributed by atoms with E-state index in [1.165, 1.54) is 11.8 Å². The second kappa shape index (κ2) is 6.19. The van der Waals surface area contributed by atoms with Gasteiger partial charge in [0.1, 0.15) is 5.69 Å². The highest BCUT2D eigenvalue weighted by atomic mass is 32.2. The third-order valence-corrected chi connectivity index (χ3v) is 2.61. The maximum Gasteiger partial charge on any atom is 0.185 e. The molecule has 0 amide bonds. The lowest BCUT2D eigenvalue weighted by atomic mass is 10.2. The Labute approximate surface area is 99.8 Å². The van der Waals surface area contributed by atoms with Gasteiger partial charge in [-0.05, 0) is 24.5 Å². The summed E-state index contributed by atoms with van der Waals surface area (Å²) in [7, 11) is 0. The van der Waals surface area contributed by atoms with E-state index in [-0.39, 0.29) is 5.12 Å². The molecule has 0 spiro atoms. The number of aryl methyl sites for hydroxylation is 1. The first kappa shape index (κ1) is 12.6. The van der Waals surface area contributed by atoms with E-state index in [1.807, 2.05) is 13.0 Å². The van der Waals surface area contributed by atoms with Gasteiger partial charge in [-0.3, -0.25) is 4.79 Å². The van der Waals surface area contributed by atoms with Crippen molar-refractivity contribution in [1.82, 2.24) is 4.98 Å². The van der Waals surface area contributed by atoms with Crippen molar-refractivity contribution in [3.05, 3.63) is 23.5 Å². The number of anilines is 1. The summed E-state index contributed by atoms with van der Waals surface area (Å²) in [5.74, 6) is 6.57. The van der Waals surface area contributed by atoms with Crippen molar-refractivity contribution in [1.29, 1.82) is 0 Å². The van der Waals surface area contributed by atoms with Gasteiger partial charge >= 0.3 is 0 Å². The molecule has 3 nitrogen and oxygen atoms in total. The number of hydrogen-bond donors (Lipinski definition) is 1. The van der Waals surface area contributed by atoms with E-state index in [9.17, 15) is 4.79 Å². The number of aromatic nitrogens is 1. The molecule has 1 rings (SSSR count). The molecule has 0 aliphatic heterocycles. The maximum atomic E-state index is 10.7. The number of carbonyl (C=O) groups is 1. The fourth-order valence-corrected chi connectivity index (χ4v) is 1.58. The van der Waals surface area contributed by atoms with Crippen molar-refractivity contribution >= 4 is 22.6 Å². The second-order valence-electron chi connectivity index (χ2n) is 3.34. The lowest BCUT2D eigenvalue weighted by Gasteiger charge is -1.97. The van der Waals surface area contributed by atoms with Crippen LogP contribution in [-0.2, 0) is 4.79 Å². The molecule has 0 atom stereocenters. The summed E-state index contributed by atoms with van der Waals surface area (Å²) in [4.78, 5) is 14.8. The fourth-order valence-electron chi connectivity index (χ4n) is 1.09. The molecule has 4 heteroatoms. The second-order valence-corrected chi connectivity index (χ2v) is 4.61. The van der Waals surface area contributed by atoms with Gasteiger partial charge < -0.3 is 5.73 Å². The Morgan fingerprint density at radius 2 is 2.38 bits per heavy atom. The molecule has 2 N–H and O–H groups in total. The summed E-state index contributed by atoms with van der Waals surface area (Å²) >= 11 is 1.28. The molecule has 1 aromatic rings. The third-order valence-electron chi connectivity index (χ3n) is 1.79. The summed E-state index contributed by atoms with van der Waals surface area (Å²) in [5, 5.41) is 0.120. The number of nitrogens with zero attached hydrogens (tertiary/aromatic N) is 1. The Hall–Kier alpha value is -1.47. The summed E-state index contributed by atoms with van der Waals surface area (Å²) in [6.07, 6.45) is 2.41. The van der Waals surface area contributed by atoms with Gasteiger partial charge in [0.05, 0.1) is 5.69 Å². The minimum Gasteiger partial charge on any atom is -0.396 e. The van der Waals surface area contributed by atoms with Crippen LogP contribution in [0.5, 0.6) is 0 Å². The van der Waals surface area contributed by atoms with Gasteiger partial charge in [0, 0.05) is 25.3 Å². The van der Waals surface area contributed by atoms with Gasteiger partial charge in [-0.25, -0.2) is 4.98 Å². The molecule has 0 aliphatic carbocycles. The normalized spacial score (nSPS) is 9.38. The summed E-state index contributed by atoms with van der Waals surface area (Å²) < 4.78 is 0. The Balaban J connectivity index is 2.53. The number of carbonyl (C=O) groups excluding carboxylic acids is 1. The average Bonchev–Trinajstić information content (AvgIpc) is 2.20. The Morgan fingerprint density at radius 1 is 1.62 bits per heavy atom. The first-order chi connectivity index (χ1) is 7.59. The molecular weight excluding hydrogens is 220 g/mol. The van der Waals surface area contributed by atoms with Crippen LogP contribution in [-0.4, -0.2) is 15.9 Å². The van der Waals surface area contributed by atoms with Crippen LogP contribution in [0, 0.1) is 18.8 Å². The van der Waals surface area contributed by atoms with Crippen LogP contribution in [0.25, 0.3) is 0 Å². The van der Waals surface area contributed by atoms with Crippen molar-refractivity contribution in [3.8, 4) is 11.8 Å². The Bertz CT molecular complexity index is 446. The standard InChI is InChI=1S/C12H14N2OS/c1-9-7-11(13)12(14-8-9)5-3-4-6-16-10(2)15/h7-8H,4,6,13H2,1-2H3. The molecule has 1 aromatic heterocycles. The fraction of sp³-hybridized carbons (Fsp3) is 0.333. The molecule has 0 radical (unpaired) electrons. The first-order valence-corrected chi connectivity index (χ1v) is 5.92. The highest BCUT2D eigenvalue weighted by molar-refractivity contribution is 8.13. The van der Waals surface area contributed by atoms with E-state index >= 15 is 0 Å². The number of thioether (sulfide) groups is 1. The van der Waals surface area contributed by atoms with E-state index < -0.39 is 0 Å². The van der Waals surface area contributed by atoms with Crippen molar-refractivity contribution in [3.63, 3.8) is 0 Å². The topological polar surface area (TPSA) is 56.0 Å². The van der Waals surface area contributed by atoms with Gasteiger partial charge in [-0.2, -0.15) is 0 Å². The molecule has 0 unspecified atom stereocenters. The quantitative estimate of drug-likeness (QED) is 0.628. The zero-order valence-corrected chi connectivity index (χ0v) is 10.2. The number of nitrogens with two attached hydrogens (primary N) is 1. The molecule has 0 aliphatic rings. The molecule has 0 aromatic carbocycles. The zero-order valence-electron chi connectivity index (χ0n) is 9.41. The van der Waals surface area contributed by atoms with E-state index in [2.05, 4.69) is 16.8 Å². The largest absolute Gasteiger partial charge is 0.396 e. The number of nitrogen functional groups attached to an aromatic ring is 1. The van der Waals surface area contributed by atoms with Gasteiger partial charge in [-0.15, -0.1) is 0 Å². The molecule has 0 bridgehead atoms. The third kappa shape index (κ3) is 4.37. The molecule has 0 saturated carbocycles. The molecule has 0 fully saturated rings. The molecule has 84 valence electrons. The zero-order chi connectivity index (χ0) is 12.0. The van der Waals surface area contributed by atoms with Gasteiger partial charge in [0.2, 0.25) is 0 Å². The molecule has 0 saturated heterocycles. The van der Waals surface area contributed by atoms with Crippen LogP contribution in [0.4, 0.5) is 5.69 Å². The molecular formula is C12H14N2OS. The van der Waals surface area contributed by atoms with E-state index in [0.717, 1.165) is 5.56 Å². The summed E-state index contributed by atoms with van der Waals surface area (Å²) in [6.45, 7) is 3.49. The van der Waals surface area contributed by atoms with Crippen molar-refractivity contribution in [2.45, 2.75) is 20.3 Å². The molecule has 1 heterocycles. The highest BCUT2D eigenvalue weighted by Crippen LogP contribution is 2.09. The number of pyridine rings is 1. The van der Waals surface area contributed by atoms with Crippen molar-refractivity contribution < 1.29 is 4.79 Å². The smallest absolute Gasteiger partial charge is 0.185 e. The van der Waals surface area contributed by atoms with Crippen LogP contribution >= 0.6 is 11.8 Å². The van der Waals surface area contributed by atoms with Crippen LogP contribution in [0.15, 0.2) is 12.3 Å². The van der Waals surface area contributed by atoms with Crippen molar-refractivity contribution in [2.75, 3.05) is 11.5 Å². The maximum absolute atomic E-state index is 10.7. The van der Waals surface area contributed by atoms with Gasteiger partial charge in [-0.1, -0.05) is 17.7 Å².